The van der Waals surface area contributed by atoms with Gasteiger partial charge in [-0.05, 0) is 43.0 Å². The van der Waals surface area contributed by atoms with Gasteiger partial charge in [-0.25, -0.2) is 4.39 Å². The number of nitrogens with one attached hydrogen (secondary N) is 1. The molecule has 0 aliphatic carbocycles. The average molecular weight is 223 g/mol. The third-order valence-corrected chi connectivity index (χ3v) is 3.28. The van der Waals surface area contributed by atoms with Crippen molar-refractivity contribution in [2.75, 3.05) is 20.2 Å². The van der Waals surface area contributed by atoms with Crippen LogP contribution in [0.2, 0.25) is 0 Å². The molecule has 2 atom stereocenters. The first-order valence-electron chi connectivity index (χ1n) is 5.77. The Morgan fingerprint density at radius 1 is 1.38 bits per heavy atom. The molecule has 0 unspecified atom stereocenters. The first-order valence-corrected chi connectivity index (χ1v) is 5.77. The summed E-state index contributed by atoms with van der Waals surface area (Å²) in [5, 5.41) is 3.33. The van der Waals surface area contributed by atoms with Crippen molar-refractivity contribution in [2.45, 2.75) is 18.9 Å². The smallest absolute Gasteiger partial charge is 0.123 e. The van der Waals surface area contributed by atoms with Crippen molar-refractivity contribution in [3.05, 3.63) is 35.6 Å². The van der Waals surface area contributed by atoms with E-state index in [0.717, 1.165) is 25.9 Å². The van der Waals surface area contributed by atoms with Crippen molar-refractivity contribution < 1.29 is 9.13 Å². The zero-order valence-electron chi connectivity index (χ0n) is 9.58. The molecular weight excluding hydrogens is 205 g/mol. The van der Waals surface area contributed by atoms with Crippen LogP contribution in [0.3, 0.4) is 0 Å². The van der Waals surface area contributed by atoms with Crippen molar-refractivity contribution in [3.63, 3.8) is 0 Å². The molecule has 16 heavy (non-hydrogen) atoms. The summed E-state index contributed by atoms with van der Waals surface area (Å²) in [4.78, 5) is 0. The monoisotopic (exact) mass is 223 g/mol. The van der Waals surface area contributed by atoms with Gasteiger partial charge in [0.05, 0.1) is 6.10 Å². The van der Waals surface area contributed by atoms with Gasteiger partial charge in [0, 0.05) is 13.7 Å². The van der Waals surface area contributed by atoms with Gasteiger partial charge in [-0.15, -0.1) is 0 Å². The van der Waals surface area contributed by atoms with E-state index >= 15 is 0 Å². The molecule has 1 aromatic rings. The van der Waals surface area contributed by atoms with Gasteiger partial charge >= 0.3 is 0 Å². The van der Waals surface area contributed by atoms with Crippen LogP contribution < -0.4 is 5.32 Å². The van der Waals surface area contributed by atoms with Gasteiger partial charge in [-0.2, -0.15) is 0 Å². The van der Waals surface area contributed by atoms with Crippen LogP contribution in [0.15, 0.2) is 24.3 Å². The maximum Gasteiger partial charge on any atom is 0.123 e. The Hall–Kier alpha value is -0.930. The Labute approximate surface area is 95.8 Å². The first kappa shape index (κ1) is 11.6. The van der Waals surface area contributed by atoms with Crippen molar-refractivity contribution >= 4 is 0 Å². The number of methoxy groups -OCH3 is 1. The fourth-order valence-corrected chi connectivity index (χ4v) is 2.32. The van der Waals surface area contributed by atoms with E-state index in [1.807, 2.05) is 12.1 Å². The highest BCUT2D eigenvalue weighted by Gasteiger charge is 2.24. The fourth-order valence-electron chi connectivity index (χ4n) is 2.32. The maximum absolute atomic E-state index is 12.8. The van der Waals surface area contributed by atoms with Crippen LogP contribution in [0, 0.1) is 11.7 Å². The summed E-state index contributed by atoms with van der Waals surface area (Å²) in [6.45, 7) is 1.97. The second kappa shape index (κ2) is 5.41. The molecule has 0 amide bonds. The van der Waals surface area contributed by atoms with E-state index in [-0.39, 0.29) is 11.9 Å². The van der Waals surface area contributed by atoms with Crippen molar-refractivity contribution in [3.8, 4) is 0 Å². The third kappa shape index (κ3) is 2.80. The quantitative estimate of drug-likeness (QED) is 0.846. The molecule has 1 aliphatic rings. The molecule has 1 N–H and O–H groups in total. The molecule has 1 heterocycles. The van der Waals surface area contributed by atoms with E-state index in [4.69, 9.17) is 4.74 Å². The van der Waals surface area contributed by atoms with Gasteiger partial charge < -0.3 is 10.1 Å². The van der Waals surface area contributed by atoms with Gasteiger partial charge in [-0.1, -0.05) is 12.1 Å². The van der Waals surface area contributed by atoms with E-state index in [9.17, 15) is 4.39 Å². The summed E-state index contributed by atoms with van der Waals surface area (Å²) in [6.07, 6.45) is 2.37. The van der Waals surface area contributed by atoms with Gasteiger partial charge in [0.25, 0.3) is 0 Å². The lowest BCUT2D eigenvalue weighted by Crippen LogP contribution is -2.42. The Morgan fingerprint density at radius 3 is 2.81 bits per heavy atom. The summed E-state index contributed by atoms with van der Waals surface area (Å²) in [7, 11) is 1.76. The molecule has 1 saturated heterocycles. The van der Waals surface area contributed by atoms with Crippen LogP contribution in [0.5, 0.6) is 0 Å². The topological polar surface area (TPSA) is 21.3 Å². The van der Waals surface area contributed by atoms with E-state index in [1.165, 1.54) is 17.7 Å². The van der Waals surface area contributed by atoms with Crippen molar-refractivity contribution in [1.29, 1.82) is 0 Å². The Kier molecular flexibility index (Phi) is 3.91. The molecule has 0 saturated carbocycles. The highest BCUT2D eigenvalue weighted by Crippen LogP contribution is 2.20. The molecule has 1 fully saturated rings. The predicted octanol–water partition coefficient (Wildman–Crippen LogP) is 1.99. The lowest BCUT2D eigenvalue weighted by molar-refractivity contribution is 0.0341. The maximum atomic E-state index is 12.8. The third-order valence-electron chi connectivity index (χ3n) is 3.28. The zero-order chi connectivity index (χ0) is 11.4. The SMILES string of the molecule is CO[C@H]1CNCC[C@@H]1Cc1ccc(F)cc1. The number of piperidine rings is 1. The zero-order valence-corrected chi connectivity index (χ0v) is 9.58. The lowest BCUT2D eigenvalue weighted by Gasteiger charge is -2.31. The molecule has 2 rings (SSSR count). The minimum Gasteiger partial charge on any atom is -0.380 e. The number of hydrogen-bond acceptors (Lipinski definition) is 2. The summed E-state index contributed by atoms with van der Waals surface area (Å²) in [5.74, 6) is 0.370. The van der Waals surface area contributed by atoms with Crippen LogP contribution in [-0.4, -0.2) is 26.3 Å². The second-order valence-electron chi connectivity index (χ2n) is 4.36. The standard InChI is InChI=1S/C13H18FNO/c1-16-13-9-15-7-6-11(13)8-10-2-4-12(14)5-3-10/h2-5,11,13,15H,6-9H2,1H3/t11-,13+/m1/s1. The van der Waals surface area contributed by atoms with Gasteiger partial charge in [0.1, 0.15) is 5.82 Å². The van der Waals surface area contributed by atoms with Crippen LogP contribution >= 0.6 is 0 Å². The van der Waals surface area contributed by atoms with Crippen LogP contribution in [0.25, 0.3) is 0 Å². The van der Waals surface area contributed by atoms with Gasteiger partial charge in [0.15, 0.2) is 0 Å². The molecule has 0 spiro atoms. The largest absolute Gasteiger partial charge is 0.380 e. The average Bonchev–Trinajstić information content (AvgIpc) is 2.33. The molecule has 0 radical (unpaired) electrons. The predicted molar refractivity (Wildman–Crippen MR) is 61.9 cm³/mol. The fraction of sp³-hybridized carbons (Fsp3) is 0.538. The lowest BCUT2D eigenvalue weighted by atomic mass is 9.88. The molecule has 1 aliphatic heterocycles. The molecule has 88 valence electrons. The molecule has 1 aromatic carbocycles. The summed E-state index contributed by atoms with van der Waals surface area (Å²) < 4.78 is 18.2. The summed E-state index contributed by atoms with van der Waals surface area (Å²) in [5.41, 5.74) is 1.19. The van der Waals surface area contributed by atoms with Crippen molar-refractivity contribution in [1.82, 2.24) is 5.32 Å². The van der Waals surface area contributed by atoms with Crippen LogP contribution in [0.4, 0.5) is 4.39 Å². The number of ether oxygens (including phenoxy) is 1. The molecule has 3 heteroatoms. The van der Waals surface area contributed by atoms with E-state index < -0.39 is 0 Å². The van der Waals surface area contributed by atoms with E-state index in [2.05, 4.69) is 5.32 Å². The second-order valence-corrected chi connectivity index (χ2v) is 4.36. The normalized spacial score (nSPS) is 25.6. The van der Waals surface area contributed by atoms with Gasteiger partial charge in [0.2, 0.25) is 0 Å². The molecule has 0 aromatic heterocycles. The van der Waals surface area contributed by atoms with E-state index in [1.54, 1.807) is 7.11 Å². The van der Waals surface area contributed by atoms with Crippen molar-refractivity contribution in [2.24, 2.45) is 5.92 Å². The Balaban J connectivity index is 1.99. The minimum absolute atomic E-state index is 0.169. The number of benzene rings is 1. The number of halogens is 1. The summed E-state index contributed by atoms with van der Waals surface area (Å²) >= 11 is 0. The minimum atomic E-state index is -0.169. The number of hydrogen-bond donors (Lipinski definition) is 1. The highest BCUT2D eigenvalue weighted by molar-refractivity contribution is 5.17. The van der Waals surface area contributed by atoms with Crippen LogP contribution in [0.1, 0.15) is 12.0 Å². The highest BCUT2D eigenvalue weighted by atomic mass is 19.1. The Morgan fingerprint density at radius 2 is 2.12 bits per heavy atom. The molecule has 0 bridgehead atoms. The van der Waals surface area contributed by atoms with E-state index in [0.29, 0.717) is 5.92 Å². The van der Waals surface area contributed by atoms with Gasteiger partial charge in [-0.3, -0.25) is 0 Å². The summed E-state index contributed by atoms with van der Waals surface area (Å²) in [6, 6.07) is 6.78. The van der Waals surface area contributed by atoms with Crippen LogP contribution in [-0.2, 0) is 11.2 Å². The molecule has 2 nitrogen and oxygen atoms in total. The number of rotatable bonds is 3. The Bertz CT molecular complexity index is 325. The first-order chi connectivity index (χ1) is 7.79. The molecular formula is C13H18FNO.